The molecule has 0 spiro atoms. The molecular weight excluding hydrogens is 278 g/mol. The lowest BCUT2D eigenvalue weighted by Gasteiger charge is -2.39. The third-order valence-corrected chi connectivity index (χ3v) is 4.43. The molecule has 1 fully saturated rings. The molecule has 3 nitrogen and oxygen atoms in total. The average Bonchev–Trinajstić information content (AvgIpc) is 2.25. The Morgan fingerprint density at radius 3 is 2.82 bits per heavy atom. The molecule has 2 rings (SSSR count). The molecule has 0 atom stereocenters. The highest BCUT2D eigenvalue weighted by Gasteiger charge is 2.28. The fraction of sp³-hybridized carbons (Fsp3) is 0.615. The Morgan fingerprint density at radius 1 is 1.47 bits per heavy atom. The van der Waals surface area contributed by atoms with E-state index >= 15 is 0 Å². The van der Waals surface area contributed by atoms with Crippen molar-refractivity contribution in [3.63, 3.8) is 0 Å². The highest BCUT2D eigenvalue weighted by Crippen LogP contribution is 2.36. The molecule has 2 N–H and O–H groups in total. The van der Waals surface area contributed by atoms with Crippen LogP contribution in [0, 0.1) is 12.3 Å². The highest BCUT2D eigenvalue weighted by molar-refractivity contribution is 9.10. The maximum Gasteiger partial charge on any atom is 0.143 e. The van der Waals surface area contributed by atoms with Gasteiger partial charge in [-0.25, -0.2) is 4.98 Å². The zero-order chi connectivity index (χ0) is 12.6. The van der Waals surface area contributed by atoms with Gasteiger partial charge in [0.2, 0.25) is 0 Å². The molecule has 0 radical (unpaired) electrons. The fourth-order valence-corrected chi connectivity index (χ4v) is 2.99. The minimum atomic E-state index is 0.370. The van der Waals surface area contributed by atoms with E-state index < -0.39 is 0 Å². The van der Waals surface area contributed by atoms with E-state index in [4.69, 9.17) is 5.73 Å². The maximum atomic E-state index is 5.86. The van der Waals surface area contributed by atoms with Gasteiger partial charge in [0.1, 0.15) is 5.82 Å². The lowest BCUT2D eigenvalue weighted by Crippen LogP contribution is -2.40. The van der Waals surface area contributed by atoms with Gasteiger partial charge in [0.15, 0.2) is 0 Å². The summed E-state index contributed by atoms with van der Waals surface area (Å²) in [6.07, 6.45) is 4.27. The summed E-state index contributed by atoms with van der Waals surface area (Å²) in [5.74, 6) is 1.03. The minimum Gasteiger partial charge on any atom is -0.397 e. The lowest BCUT2D eigenvalue weighted by molar-refractivity contribution is 0.292. The van der Waals surface area contributed by atoms with Crippen molar-refractivity contribution in [3.05, 3.63) is 16.2 Å². The second kappa shape index (κ2) is 4.48. The molecule has 1 saturated heterocycles. The first-order chi connectivity index (χ1) is 7.91. The number of piperidine rings is 1. The minimum absolute atomic E-state index is 0.370. The summed E-state index contributed by atoms with van der Waals surface area (Å²) in [7, 11) is 0. The van der Waals surface area contributed by atoms with Crippen molar-refractivity contribution >= 4 is 27.4 Å². The Labute approximate surface area is 112 Å². The summed E-state index contributed by atoms with van der Waals surface area (Å²) in [6.45, 7) is 8.80. The van der Waals surface area contributed by atoms with Crippen molar-refractivity contribution in [2.24, 2.45) is 5.41 Å². The number of hydrogen-bond donors (Lipinski definition) is 1. The van der Waals surface area contributed by atoms with Gasteiger partial charge in [-0.2, -0.15) is 0 Å². The van der Waals surface area contributed by atoms with Crippen molar-refractivity contribution in [3.8, 4) is 0 Å². The van der Waals surface area contributed by atoms with Crippen molar-refractivity contribution in [1.29, 1.82) is 0 Å². The summed E-state index contributed by atoms with van der Waals surface area (Å²) < 4.78 is 1.04. The number of nitrogens with two attached hydrogens (primary N) is 1. The van der Waals surface area contributed by atoms with Gasteiger partial charge in [0, 0.05) is 13.1 Å². The van der Waals surface area contributed by atoms with Crippen LogP contribution in [0.5, 0.6) is 0 Å². The lowest BCUT2D eigenvalue weighted by atomic mass is 9.84. The molecule has 0 saturated carbocycles. The van der Waals surface area contributed by atoms with Gasteiger partial charge >= 0.3 is 0 Å². The first-order valence-electron chi connectivity index (χ1n) is 6.06. The Morgan fingerprint density at radius 2 is 2.18 bits per heavy atom. The molecule has 2 heterocycles. The number of hydrogen-bond acceptors (Lipinski definition) is 3. The number of aromatic nitrogens is 1. The Hall–Kier alpha value is -0.770. The van der Waals surface area contributed by atoms with Gasteiger partial charge < -0.3 is 10.6 Å². The molecule has 0 aliphatic carbocycles. The van der Waals surface area contributed by atoms with Gasteiger partial charge in [-0.3, -0.25) is 0 Å². The molecule has 94 valence electrons. The van der Waals surface area contributed by atoms with Crippen LogP contribution in [0.2, 0.25) is 0 Å². The summed E-state index contributed by atoms with van der Waals surface area (Å²) in [5, 5.41) is 0. The molecule has 0 unspecified atom stereocenters. The Kier molecular flexibility index (Phi) is 3.34. The number of nitrogen functional groups attached to an aromatic ring is 1. The molecule has 1 aromatic heterocycles. The van der Waals surface area contributed by atoms with Crippen molar-refractivity contribution in [2.45, 2.75) is 33.6 Å². The van der Waals surface area contributed by atoms with Crippen LogP contribution in [0.4, 0.5) is 11.5 Å². The molecule has 1 aliphatic heterocycles. The van der Waals surface area contributed by atoms with E-state index in [-0.39, 0.29) is 0 Å². The largest absolute Gasteiger partial charge is 0.397 e. The molecule has 1 aliphatic rings. The van der Waals surface area contributed by atoms with Gasteiger partial charge in [0.25, 0.3) is 0 Å². The zero-order valence-corrected chi connectivity index (χ0v) is 12.3. The van der Waals surface area contributed by atoms with Crippen LogP contribution >= 0.6 is 15.9 Å². The van der Waals surface area contributed by atoms with E-state index in [1.54, 1.807) is 6.20 Å². The van der Waals surface area contributed by atoms with E-state index in [0.717, 1.165) is 34.6 Å². The van der Waals surface area contributed by atoms with Crippen molar-refractivity contribution in [2.75, 3.05) is 23.7 Å². The normalized spacial score (nSPS) is 19.4. The van der Waals surface area contributed by atoms with E-state index in [0.29, 0.717) is 5.41 Å². The van der Waals surface area contributed by atoms with Gasteiger partial charge in [-0.1, -0.05) is 13.8 Å². The van der Waals surface area contributed by atoms with Crippen LogP contribution < -0.4 is 10.6 Å². The van der Waals surface area contributed by atoms with E-state index in [2.05, 4.69) is 39.7 Å². The second-order valence-corrected chi connectivity index (χ2v) is 6.46. The number of anilines is 2. The van der Waals surface area contributed by atoms with Crippen LogP contribution in [-0.4, -0.2) is 18.1 Å². The quantitative estimate of drug-likeness (QED) is 0.864. The van der Waals surface area contributed by atoms with Crippen molar-refractivity contribution in [1.82, 2.24) is 4.98 Å². The van der Waals surface area contributed by atoms with E-state index in [9.17, 15) is 0 Å². The first kappa shape index (κ1) is 12.7. The maximum absolute atomic E-state index is 5.86. The second-order valence-electron chi connectivity index (χ2n) is 5.67. The number of nitrogens with zero attached hydrogens (tertiary/aromatic N) is 2. The smallest absolute Gasteiger partial charge is 0.143 e. The fourth-order valence-electron chi connectivity index (χ4n) is 2.40. The SMILES string of the molecule is Cc1c(N)cnc(N2CCCC(C)(C)C2)c1Br. The van der Waals surface area contributed by atoms with Crippen LogP contribution in [0.1, 0.15) is 32.3 Å². The Balaban J connectivity index is 2.31. The molecule has 0 amide bonds. The molecule has 0 bridgehead atoms. The third kappa shape index (κ3) is 2.57. The molecule has 0 aromatic carbocycles. The topological polar surface area (TPSA) is 42.1 Å². The van der Waals surface area contributed by atoms with Crippen molar-refractivity contribution < 1.29 is 0 Å². The van der Waals surface area contributed by atoms with Gasteiger partial charge in [-0.15, -0.1) is 0 Å². The summed E-state index contributed by atoms with van der Waals surface area (Å²) in [4.78, 5) is 6.84. The van der Waals surface area contributed by atoms with Crippen LogP contribution in [0.25, 0.3) is 0 Å². The van der Waals surface area contributed by atoms with Crippen LogP contribution in [-0.2, 0) is 0 Å². The predicted octanol–water partition coefficient (Wildman–Crippen LogP) is 3.36. The third-order valence-electron chi connectivity index (χ3n) is 3.48. The predicted molar refractivity (Wildman–Crippen MR) is 76.3 cm³/mol. The number of halogens is 1. The van der Waals surface area contributed by atoms with Gasteiger partial charge in [-0.05, 0) is 46.7 Å². The van der Waals surface area contributed by atoms with Crippen LogP contribution in [0.15, 0.2) is 10.7 Å². The summed E-state index contributed by atoms with van der Waals surface area (Å²) >= 11 is 3.62. The summed E-state index contributed by atoms with van der Waals surface area (Å²) in [6, 6.07) is 0. The van der Waals surface area contributed by atoms with E-state index in [1.807, 2.05) is 6.92 Å². The Bertz CT molecular complexity index is 429. The molecule has 1 aromatic rings. The standard InChI is InChI=1S/C13H20BrN3/c1-9-10(15)7-16-12(11(9)14)17-6-4-5-13(2,3)8-17/h7H,4-6,8,15H2,1-3H3. The molecular formula is C13H20BrN3. The molecule has 4 heteroatoms. The first-order valence-corrected chi connectivity index (χ1v) is 6.85. The zero-order valence-electron chi connectivity index (χ0n) is 10.8. The number of pyridine rings is 1. The average molecular weight is 298 g/mol. The van der Waals surface area contributed by atoms with Crippen LogP contribution in [0.3, 0.4) is 0 Å². The van der Waals surface area contributed by atoms with E-state index in [1.165, 1.54) is 12.8 Å². The number of rotatable bonds is 1. The molecule has 17 heavy (non-hydrogen) atoms. The monoisotopic (exact) mass is 297 g/mol. The summed E-state index contributed by atoms with van der Waals surface area (Å²) in [5.41, 5.74) is 8.06. The highest BCUT2D eigenvalue weighted by atomic mass is 79.9. The van der Waals surface area contributed by atoms with Gasteiger partial charge in [0.05, 0.1) is 16.4 Å².